The Bertz CT molecular complexity index is 781. The summed E-state index contributed by atoms with van der Waals surface area (Å²) in [6.07, 6.45) is 1.08. The number of hydrogen-bond donors (Lipinski definition) is 0. The molecule has 0 saturated carbocycles. The van der Waals surface area contributed by atoms with E-state index < -0.39 is 0 Å². The van der Waals surface area contributed by atoms with Crippen molar-refractivity contribution in [3.8, 4) is 11.1 Å². The summed E-state index contributed by atoms with van der Waals surface area (Å²) in [5.74, 6) is 0. The molecule has 0 aromatic heterocycles. The van der Waals surface area contributed by atoms with Crippen molar-refractivity contribution in [2.45, 2.75) is 13.3 Å². The molecule has 106 valence electrons. The maximum absolute atomic E-state index is 2.69. The monoisotopic (exact) mass is 311 g/mol. The van der Waals surface area contributed by atoms with E-state index in [2.05, 4.69) is 86.4 Å². The van der Waals surface area contributed by atoms with E-state index in [0.717, 1.165) is 6.42 Å². The van der Waals surface area contributed by atoms with E-state index in [1.807, 2.05) is 4.44 Å². The van der Waals surface area contributed by atoms with Crippen molar-refractivity contribution in [2.24, 2.45) is 0 Å². The van der Waals surface area contributed by atoms with Gasteiger partial charge in [-0.15, -0.1) is 0 Å². The van der Waals surface area contributed by atoms with Crippen molar-refractivity contribution in [2.75, 3.05) is 4.44 Å². The molecule has 0 spiro atoms. The van der Waals surface area contributed by atoms with Gasteiger partial charge in [-0.1, -0.05) is 55.5 Å². The van der Waals surface area contributed by atoms with Crippen LogP contribution < -0.4 is 4.44 Å². The van der Waals surface area contributed by atoms with Crippen molar-refractivity contribution in [1.82, 2.24) is 0 Å². The zero-order valence-electron chi connectivity index (χ0n) is 12.1. The smallest absolute Gasteiger partial charge is 0.0502 e. The van der Waals surface area contributed by atoms with Gasteiger partial charge in [-0.3, -0.25) is 0 Å². The van der Waals surface area contributed by atoms with Gasteiger partial charge in [-0.2, -0.15) is 0 Å². The van der Waals surface area contributed by atoms with Crippen LogP contribution in [0, 0.1) is 0 Å². The second-order valence-corrected chi connectivity index (χ2v) is 6.88. The zero-order valence-corrected chi connectivity index (χ0v) is 14.4. The van der Waals surface area contributed by atoms with Gasteiger partial charge in [0.1, 0.15) is 0 Å². The van der Waals surface area contributed by atoms with Gasteiger partial charge in [0.25, 0.3) is 0 Å². The first-order chi connectivity index (χ1) is 10.2. The maximum atomic E-state index is 2.69. The highest BCUT2D eigenvalue weighted by Crippen LogP contribution is 2.35. The molecule has 3 aromatic carbocycles. The summed E-state index contributed by atoms with van der Waals surface area (Å²) < 4.78 is 2.00. The van der Waals surface area contributed by atoms with E-state index in [0.29, 0.717) is 0 Å². The largest absolute Gasteiger partial charge is 0.340 e. The highest BCUT2D eigenvalue weighted by molar-refractivity contribution is 7.39. The lowest BCUT2D eigenvalue weighted by atomic mass is 9.98. The van der Waals surface area contributed by atoms with Crippen LogP contribution >= 0.6 is 18.8 Å². The Hall–Kier alpha value is -1.42. The number of aryl methyl sites for hydroxylation is 1. The highest BCUT2D eigenvalue weighted by Gasteiger charge is 2.07. The summed E-state index contributed by atoms with van der Waals surface area (Å²) in [7, 11) is 5.39. The van der Waals surface area contributed by atoms with Gasteiger partial charge in [0.15, 0.2) is 0 Å². The Kier molecular flexibility index (Phi) is 4.24. The van der Waals surface area contributed by atoms with Gasteiger partial charge in [0, 0.05) is 5.56 Å². The van der Waals surface area contributed by atoms with Crippen molar-refractivity contribution >= 4 is 35.2 Å². The summed E-state index contributed by atoms with van der Waals surface area (Å²) in [5.41, 5.74) is 5.05. The number of fused-ring (bicyclic) bond motifs is 1. The fraction of sp³-hybridized carbons (Fsp3) is 0.111. The molecule has 0 amide bonds. The van der Waals surface area contributed by atoms with Crippen LogP contribution in [0.1, 0.15) is 12.5 Å². The molecule has 0 N–H and O–H groups in total. The lowest BCUT2D eigenvalue weighted by molar-refractivity contribution is 1.15. The van der Waals surface area contributed by atoms with Gasteiger partial charge in [-0.05, 0) is 59.2 Å². The molecule has 0 fully saturated rings. The Morgan fingerprint density at radius 3 is 2.33 bits per heavy atom. The molecule has 3 heteroatoms. The minimum Gasteiger partial charge on any atom is -0.340 e. The standard InChI is InChI=1S/C18H19NP2/c1-2-13-7-8-15-12-16(10-9-14(15)11-13)17-5-3-4-6-18(17)19(20)21/h3-12H,2,20-21H2,1H3. The van der Waals surface area contributed by atoms with Crippen molar-refractivity contribution in [1.29, 1.82) is 0 Å². The number of hydrogen-bond acceptors (Lipinski definition) is 1. The Labute approximate surface area is 130 Å². The Balaban J connectivity index is 2.14. The number of anilines is 1. The summed E-state index contributed by atoms with van der Waals surface area (Å²) >= 11 is 0. The van der Waals surface area contributed by atoms with E-state index >= 15 is 0 Å². The first-order valence-electron chi connectivity index (χ1n) is 7.10. The molecule has 3 rings (SSSR count). The molecular weight excluding hydrogens is 292 g/mol. The third kappa shape index (κ3) is 2.95. The van der Waals surface area contributed by atoms with E-state index in [1.165, 1.54) is 33.2 Å². The Morgan fingerprint density at radius 2 is 1.57 bits per heavy atom. The third-order valence-corrected chi connectivity index (χ3v) is 4.36. The quantitative estimate of drug-likeness (QED) is 0.581. The van der Waals surface area contributed by atoms with Gasteiger partial charge in [0.05, 0.1) is 5.69 Å². The predicted molar refractivity (Wildman–Crippen MR) is 101 cm³/mol. The van der Waals surface area contributed by atoms with Crippen molar-refractivity contribution in [3.63, 3.8) is 0 Å². The minimum absolute atomic E-state index is 1.08. The third-order valence-electron chi connectivity index (χ3n) is 3.81. The van der Waals surface area contributed by atoms with Crippen LogP contribution in [0.2, 0.25) is 0 Å². The molecule has 2 unspecified atom stereocenters. The first kappa shape index (κ1) is 14.5. The van der Waals surface area contributed by atoms with Crippen molar-refractivity contribution < 1.29 is 0 Å². The van der Waals surface area contributed by atoms with Crippen LogP contribution in [-0.4, -0.2) is 0 Å². The fourth-order valence-electron chi connectivity index (χ4n) is 2.63. The van der Waals surface area contributed by atoms with E-state index in [1.54, 1.807) is 0 Å². The number of nitrogens with zero attached hydrogens (tertiary/aromatic N) is 1. The molecule has 0 aliphatic rings. The molecular formula is C18H19NP2. The van der Waals surface area contributed by atoms with Crippen LogP contribution in [0.25, 0.3) is 21.9 Å². The fourth-order valence-corrected chi connectivity index (χ4v) is 3.08. The molecule has 3 aromatic rings. The minimum atomic E-state index is 1.08. The molecule has 0 aliphatic carbocycles. The molecule has 0 radical (unpaired) electrons. The van der Waals surface area contributed by atoms with Crippen LogP contribution in [0.15, 0.2) is 60.7 Å². The predicted octanol–water partition coefficient (Wildman–Crippen LogP) is 5.46. The summed E-state index contributed by atoms with van der Waals surface area (Å²) in [6, 6.07) is 21.9. The second-order valence-electron chi connectivity index (χ2n) is 5.17. The molecule has 0 aliphatic heterocycles. The molecule has 0 heterocycles. The SMILES string of the molecule is CCc1ccc2cc(-c3ccccc3N(P)P)ccc2c1. The van der Waals surface area contributed by atoms with Gasteiger partial charge in [-0.25, -0.2) is 0 Å². The average molecular weight is 311 g/mol. The lowest BCUT2D eigenvalue weighted by Gasteiger charge is -2.17. The van der Waals surface area contributed by atoms with Crippen LogP contribution in [0.5, 0.6) is 0 Å². The lowest BCUT2D eigenvalue weighted by Crippen LogP contribution is -1.93. The Morgan fingerprint density at radius 1 is 0.857 bits per heavy atom. The van der Waals surface area contributed by atoms with E-state index in [4.69, 9.17) is 0 Å². The van der Waals surface area contributed by atoms with Crippen LogP contribution in [0.3, 0.4) is 0 Å². The molecule has 2 atom stereocenters. The average Bonchev–Trinajstić information content (AvgIpc) is 2.53. The summed E-state index contributed by atoms with van der Waals surface area (Å²) in [4.78, 5) is 0. The van der Waals surface area contributed by atoms with E-state index in [-0.39, 0.29) is 0 Å². The van der Waals surface area contributed by atoms with Gasteiger partial charge < -0.3 is 4.44 Å². The summed E-state index contributed by atoms with van der Waals surface area (Å²) in [5, 5.41) is 2.60. The maximum Gasteiger partial charge on any atom is 0.0502 e. The molecule has 0 saturated heterocycles. The molecule has 1 nitrogen and oxygen atoms in total. The molecule has 21 heavy (non-hydrogen) atoms. The van der Waals surface area contributed by atoms with Crippen LogP contribution in [0.4, 0.5) is 5.69 Å². The van der Waals surface area contributed by atoms with Crippen molar-refractivity contribution in [3.05, 3.63) is 66.2 Å². The van der Waals surface area contributed by atoms with E-state index in [9.17, 15) is 0 Å². The number of rotatable bonds is 3. The zero-order chi connectivity index (χ0) is 14.8. The number of para-hydroxylation sites is 1. The highest BCUT2D eigenvalue weighted by atomic mass is 31.1. The van der Waals surface area contributed by atoms with Gasteiger partial charge in [0.2, 0.25) is 0 Å². The normalized spacial score (nSPS) is 10.8. The van der Waals surface area contributed by atoms with Gasteiger partial charge >= 0.3 is 0 Å². The van der Waals surface area contributed by atoms with Crippen LogP contribution in [-0.2, 0) is 6.42 Å². The second kappa shape index (κ2) is 6.14. The first-order valence-corrected chi connectivity index (χ1v) is 8.14. The molecule has 0 bridgehead atoms. The number of benzene rings is 3. The summed E-state index contributed by atoms with van der Waals surface area (Å²) in [6.45, 7) is 2.19. The topological polar surface area (TPSA) is 3.24 Å².